The highest BCUT2D eigenvalue weighted by Crippen LogP contribution is 2.40. The van der Waals surface area contributed by atoms with Gasteiger partial charge in [-0.15, -0.1) is 0 Å². The summed E-state index contributed by atoms with van der Waals surface area (Å²) in [4.78, 5) is 14.0. The number of hydrogen-bond donors (Lipinski definition) is 12. The molecule has 3 aromatic rings. The Morgan fingerprint density at radius 3 is 2.05 bits per heavy atom. The van der Waals surface area contributed by atoms with Crippen molar-refractivity contribution in [2.75, 3.05) is 20.3 Å². The molecule has 304 valence electrons. The van der Waals surface area contributed by atoms with Gasteiger partial charge in [0.2, 0.25) is 17.5 Å². The Morgan fingerprint density at radius 1 is 0.709 bits per heavy atom. The molecule has 0 amide bonds. The molecule has 3 fully saturated rings. The molecule has 21 heteroatoms. The minimum absolute atomic E-state index is 0.0411. The van der Waals surface area contributed by atoms with Gasteiger partial charge in [-0.1, -0.05) is 0 Å². The lowest BCUT2D eigenvalue weighted by Crippen LogP contribution is -2.65. The van der Waals surface area contributed by atoms with E-state index in [4.69, 9.17) is 37.6 Å². The molecule has 4 heterocycles. The second kappa shape index (κ2) is 16.3. The van der Waals surface area contributed by atoms with Crippen LogP contribution in [0.5, 0.6) is 28.7 Å². The van der Waals surface area contributed by atoms with Crippen LogP contribution in [0.3, 0.4) is 0 Å². The van der Waals surface area contributed by atoms with Gasteiger partial charge in [-0.05, 0) is 25.1 Å². The number of methoxy groups -OCH3 is 1. The van der Waals surface area contributed by atoms with Crippen LogP contribution in [0.4, 0.5) is 0 Å². The molecule has 0 radical (unpaired) electrons. The predicted octanol–water partition coefficient (Wildman–Crippen LogP) is -3.56. The number of aromatic hydroxyl groups is 3. The van der Waals surface area contributed by atoms with Crippen LogP contribution < -0.4 is 14.9 Å². The number of aliphatic hydroxyl groups is 9. The summed E-state index contributed by atoms with van der Waals surface area (Å²) in [5.41, 5.74) is -1.33. The maximum atomic E-state index is 14.0. The third kappa shape index (κ3) is 7.77. The second-order valence-electron chi connectivity index (χ2n) is 13.3. The maximum absolute atomic E-state index is 14.0. The lowest BCUT2D eigenvalue weighted by molar-refractivity contribution is -0.359. The highest BCUT2D eigenvalue weighted by atomic mass is 16.8. The van der Waals surface area contributed by atoms with E-state index < -0.39 is 133 Å². The van der Waals surface area contributed by atoms with Gasteiger partial charge in [0.05, 0.1) is 26.4 Å². The van der Waals surface area contributed by atoms with Crippen LogP contribution in [0.2, 0.25) is 0 Å². The minimum Gasteiger partial charge on any atom is -0.508 e. The van der Waals surface area contributed by atoms with Gasteiger partial charge in [-0.2, -0.15) is 0 Å². The molecule has 0 bridgehead atoms. The fraction of sp³-hybridized carbons (Fsp3) is 0.559. The molecule has 3 saturated heterocycles. The fourth-order valence-corrected chi connectivity index (χ4v) is 6.48. The Labute approximate surface area is 309 Å². The molecule has 1 aromatic heterocycles. The third-order valence-electron chi connectivity index (χ3n) is 9.61. The van der Waals surface area contributed by atoms with E-state index in [1.165, 1.54) is 32.2 Å². The first-order valence-electron chi connectivity index (χ1n) is 16.9. The van der Waals surface area contributed by atoms with Gasteiger partial charge >= 0.3 is 0 Å². The molecule has 0 spiro atoms. The molecule has 3 aliphatic rings. The Balaban J connectivity index is 1.37. The number of fused-ring (bicyclic) bond motifs is 1. The smallest absolute Gasteiger partial charge is 0.239 e. The Bertz CT molecular complexity index is 1870. The first kappa shape index (κ1) is 40.7. The van der Waals surface area contributed by atoms with Crippen LogP contribution in [-0.2, 0) is 23.7 Å². The fourth-order valence-electron chi connectivity index (χ4n) is 6.48. The van der Waals surface area contributed by atoms with Crippen molar-refractivity contribution in [3.63, 3.8) is 0 Å². The lowest BCUT2D eigenvalue weighted by Gasteiger charge is -2.46. The van der Waals surface area contributed by atoms with Gasteiger partial charge in [0.25, 0.3) is 0 Å². The number of aliphatic hydroxyl groups excluding tert-OH is 9. The van der Waals surface area contributed by atoms with Gasteiger partial charge in [0.1, 0.15) is 89.6 Å². The zero-order chi connectivity index (χ0) is 40.0. The molecule has 2 aromatic carbocycles. The van der Waals surface area contributed by atoms with Crippen molar-refractivity contribution < 1.29 is 98.9 Å². The number of benzene rings is 2. The average molecular weight is 787 g/mol. The van der Waals surface area contributed by atoms with E-state index in [9.17, 15) is 66.1 Å². The zero-order valence-corrected chi connectivity index (χ0v) is 29.0. The van der Waals surface area contributed by atoms with E-state index in [0.717, 1.165) is 12.1 Å². The standard InChI is InChI=1S/C34H42O21/c1-10-20(39)23(42)26(45)32(50-10)49-9-18-30(54-33-27(46)24(43)21(40)17(8-35)52-33)25(44)28(47)34(53-18)55-31-22(41)19-14(38)6-12(36)7-16(19)51-29(31)11-3-4-13(37)15(5-11)48-2/h3-7,10,17-18,20-21,23-28,30,32-40,42-47H,8-9H2,1-2H3. The summed E-state index contributed by atoms with van der Waals surface area (Å²) in [6.07, 6.45) is -26.3. The largest absolute Gasteiger partial charge is 0.508 e. The molecule has 21 nitrogen and oxygen atoms in total. The predicted molar refractivity (Wildman–Crippen MR) is 178 cm³/mol. The number of rotatable bonds is 10. The van der Waals surface area contributed by atoms with E-state index in [1.54, 1.807) is 0 Å². The lowest BCUT2D eigenvalue weighted by atomic mass is 9.96. The number of phenolic OH excluding ortho intramolecular Hbond substituents is 3. The second-order valence-corrected chi connectivity index (χ2v) is 13.3. The van der Waals surface area contributed by atoms with E-state index in [1.807, 2.05) is 0 Å². The van der Waals surface area contributed by atoms with Crippen LogP contribution in [0.15, 0.2) is 39.5 Å². The molecular formula is C34H42O21. The molecule has 3 aliphatic heterocycles. The first-order chi connectivity index (χ1) is 26.1. The summed E-state index contributed by atoms with van der Waals surface area (Å²) in [5.74, 6) is -2.67. The van der Waals surface area contributed by atoms with Crippen LogP contribution >= 0.6 is 0 Å². The van der Waals surface area contributed by atoms with Crippen molar-refractivity contribution in [2.45, 2.75) is 99.0 Å². The van der Waals surface area contributed by atoms with E-state index in [0.29, 0.717) is 0 Å². The zero-order valence-electron chi connectivity index (χ0n) is 29.0. The van der Waals surface area contributed by atoms with E-state index >= 15 is 0 Å². The molecule has 15 atom stereocenters. The number of hydrogen-bond acceptors (Lipinski definition) is 21. The summed E-state index contributed by atoms with van der Waals surface area (Å²) in [7, 11) is 1.25. The highest BCUT2D eigenvalue weighted by Gasteiger charge is 2.52. The van der Waals surface area contributed by atoms with Crippen LogP contribution in [-0.4, -0.2) is 174 Å². The Morgan fingerprint density at radius 2 is 1.36 bits per heavy atom. The molecule has 55 heavy (non-hydrogen) atoms. The molecule has 15 unspecified atom stereocenters. The van der Waals surface area contributed by atoms with E-state index in [2.05, 4.69) is 0 Å². The summed E-state index contributed by atoms with van der Waals surface area (Å²) < 4.78 is 45.2. The summed E-state index contributed by atoms with van der Waals surface area (Å²) in [5, 5.41) is 125. The number of phenols is 3. The first-order valence-corrected chi connectivity index (χ1v) is 16.9. The molecule has 0 aliphatic carbocycles. The van der Waals surface area contributed by atoms with Crippen molar-refractivity contribution in [3.8, 4) is 40.1 Å². The van der Waals surface area contributed by atoms with Gasteiger partial charge in [0.15, 0.2) is 29.8 Å². The summed E-state index contributed by atoms with van der Waals surface area (Å²) in [6.45, 7) is -0.184. The molecule has 6 rings (SSSR count). The summed E-state index contributed by atoms with van der Waals surface area (Å²) in [6, 6.07) is 5.64. The van der Waals surface area contributed by atoms with Crippen molar-refractivity contribution in [1.29, 1.82) is 0 Å². The Kier molecular flexibility index (Phi) is 12.1. The van der Waals surface area contributed by atoms with Crippen LogP contribution in [0, 0.1) is 0 Å². The van der Waals surface area contributed by atoms with Gasteiger partial charge < -0.3 is 98.9 Å². The van der Waals surface area contributed by atoms with Crippen LogP contribution in [0.25, 0.3) is 22.3 Å². The van der Waals surface area contributed by atoms with Crippen molar-refractivity contribution >= 4 is 11.0 Å². The van der Waals surface area contributed by atoms with Crippen molar-refractivity contribution in [1.82, 2.24) is 0 Å². The average Bonchev–Trinajstić information content (AvgIpc) is 3.15. The van der Waals surface area contributed by atoms with E-state index in [-0.39, 0.29) is 28.4 Å². The topological polar surface area (TPSA) is 338 Å². The Hall–Kier alpha value is -3.91. The quantitative estimate of drug-likeness (QED) is 0.0946. The van der Waals surface area contributed by atoms with Crippen molar-refractivity contribution in [2.24, 2.45) is 0 Å². The van der Waals surface area contributed by atoms with Crippen molar-refractivity contribution in [3.05, 3.63) is 40.6 Å². The maximum Gasteiger partial charge on any atom is 0.239 e. The summed E-state index contributed by atoms with van der Waals surface area (Å²) >= 11 is 0. The number of ether oxygens (including phenoxy) is 7. The van der Waals surface area contributed by atoms with Gasteiger partial charge in [0, 0.05) is 17.7 Å². The molecule has 12 N–H and O–H groups in total. The molecular weight excluding hydrogens is 744 g/mol. The van der Waals surface area contributed by atoms with Gasteiger partial charge in [-0.3, -0.25) is 4.79 Å². The SMILES string of the molecule is COc1cc(-c2oc3cc(O)cc(O)c3c(=O)c2OC2OC(COC3OC(C)C(O)C(O)C3O)C(OC3OC(CO)C(O)C(O)C3O)C(O)C2O)ccc1O. The molecule has 0 saturated carbocycles. The van der Waals surface area contributed by atoms with Crippen LogP contribution in [0.1, 0.15) is 6.92 Å². The minimum atomic E-state index is -2.13. The normalized spacial score (nSPS) is 36.8. The highest BCUT2D eigenvalue weighted by molar-refractivity contribution is 5.88. The third-order valence-corrected chi connectivity index (χ3v) is 9.61. The van der Waals surface area contributed by atoms with Gasteiger partial charge in [-0.25, -0.2) is 0 Å². The monoisotopic (exact) mass is 786 g/mol.